The number of rotatable bonds is 3. The lowest BCUT2D eigenvalue weighted by Crippen LogP contribution is -2.11. The summed E-state index contributed by atoms with van der Waals surface area (Å²) in [5, 5.41) is 12.0. The van der Waals surface area contributed by atoms with Gasteiger partial charge in [0.25, 0.3) is 5.91 Å². The van der Waals surface area contributed by atoms with Crippen molar-refractivity contribution in [3.05, 3.63) is 29.0 Å². The first-order chi connectivity index (χ1) is 7.83. The number of anilines is 1. The van der Waals surface area contributed by atoms with Crippen LogP contribution in [0.1, 0.15) is 34.9 Å². The van der Waals surface area contributed by atoms with Crippen LogP contribution in [0.15, 0.2) is 17.6 Å². The van der Waals surface area contributed by atoms with E-state index in [1.807, 2.05) is 11.4 Å². The molecule has 82 valence electrons. The molecule has 2 aromatic heterocycles. The van der Waals surface area contributed by atoms with E-state index in [4.69, 9.17) is 0 Å². The van der Waals surface area contributed by atoms with Crippen LogP contribution in [0.5, 0.6) is 0 Å². The van der Waals surface area contributed by atoms with Crippen molar-refractivity contribution in [2.24, 2.45) is 0 Å². The van der Waals surface area contributed by atoms with Crippen LogP contribution in [0, 0.1) is 0 Å². The topological polar surface area (TPSA) is 70.7 Å². The van der Waals surface area contributed by atoms with Gasteiger partial charge in [0.1, 0.15) is 0 Å². The van der Waals surface area contributed by atoms with Gasteiger partial charge in [-0.15, -0.1) is 11.3 Å². The zero-order valence-electron chi connectivity index (χ0n) is 8.43. The van der Waals surface area contributed by atoms with Crippen molar-refractivity contribution in [1.29, 1.82) is 0 Å². The predicted molar refractivity (Wildman–Crippen MR) is 60.6 cm³/mol. The Labute approximate surface area is 95.9 Å². The van der Waals surface area contributed by atoms with Gasteiger partial charge in [0, 0.05) is 23.2 Å². The molecule has 1 amide bonds. The molecule has 3 rings (SSSR count). The minimum absolute atomic E-state index is 0.210. The molecule has 5 nitrogen and oxygen atoms in total. The molecule has 0 spiro atoms. The number of hydrogen-bond donors (Lipinski definition) is 2. The van der Waals surface area contributed by atoms with Crippen molar-refractivity contribution in [1.82, 2.24) is 15.2 Å². The van der Waals surface area contributed by atoms with Crippen LogP contribution in [0.25, 0.3) is 0 Å². The van der Waals surface area contributed by atoms with Gasteiger partial charge < -0.3 is 0 Å². The molecular weight excluding hydrogens is 224 g/mol. The van der Waals surface area contributed by atoms with Crippen molar-refractivity contribution in [2.45, 2.75) is 18.8 Å². The number of carbonyl (C=O) groups excluding carboxylic acids is 1. The van der Waals surface area contributed by atoms with Gasteiger partial charge in [-0.25, -0.2) is 4.98 Å². The van der Waals surface area contributed by atoms with Crippen LogP contribution in [0.2, 0.25) is 0 Å². The molecule has 16 heavy (non-hydrogen) atoms. The second-order valence-corrected chi connectivity index (χ2v) is 4.67. The van der Waals surface area contributed by atoms with Crippen molar-refractivity contribution >= 4 is 22.4 Å². The first-order valence-corrected chi connectivity index (χ1v) is 5.97. The molecule has 0 unspecified atom stereocenters. The maximum Gasteiger partial charge on any atom is 0.277 e. The third-order valence-corrected chi connectivity index (χ3v) is 3.19. The smallest absolute Gasteiger partial charge is 0.277 e. The highest BCUT2D eigenvalue weighted by Gasteiger charge is 2.26. The Bertz CT molecular complexity index is 501. The molecule has 0 atom stereocenters. The Hall–Kier alpha value is -1.69. The quantitative estimate of drug-likeness (QED) is 0.853. The van der Waals surface area contributed by atoms with Gasteiger partial charge in [0.2, 0.25) is 0 Å². The number of nitrogens with one attached hydrogen (secondary N) is 2. The number of hydrogen-bond acceptors (Lipinski definition) is 4. The van der Waals surface area contributed by atoms with Gasteiger partial charge in [0.15, 0.2) is 10.8 Å². The molecule has 0 aromatic carbocycles. The number of H-pyrrole nitrogens is 1. The Kier molecular flexibility index (Phi) is 2.21. The third-order valence-electron chi connectivity index (χ3n) is 2.50. The minimum Gasteiger partial charge on any atom is -0.296 e. The summed E-state index contributed by atoms with van der Waals surface area (Å²) in [7, 11) is 0. The van der Waals surface area contributed by atoms with Crippen LogP contribution >= 0.6 is 11.3 Å². The molecule has 0 aliphatic heterocycles. The summed E-state index contributed by atoms with van der Waals surface area (Å²) < 4.78 is 0. The number of aromatic nitrogens is 3. The first kappa shape index (κ1) is 9.53. The van der Waals surface area contributed by atoms with Crippen molar-refractivity contribution in [3.63, 3.8) is 0 Å². The monoisotopic (exact) mass is 234 g/mol. The fourth-order valence-corrected chi connectivity index (χ4v) is 2.03. The van der Waals surface area contributed by atoms with E-state index in [9.17, 15) is 4.79 Å². The van der Waals surface area contributed by atoms with E-state index in [0.717, 1.165) is 5.69 Å². The third kappa shape index (κ3) is 1.83. The predicted octanol–water partition coefficient (Wildman–Crippen LogP) is 2.00. The molecule has 1 aliphatic rings. The summed E-state index contributed by atoms with van der Waals surface area (Å²) in [5.74, 6) is 0.368. The summed E-state index contributed by atoms with van der Waals surface area (Å²) in [5.41, 5.74) is 1.49. The van der Waals surface area contributed by atoms with E-state index < -0.39 is 0 Å². The highest BCUT2D eigenvalue weighted by molar-refractivity contribution is 7.13. The fraction of sp³-hybridized carbons (Fsp3) is 0.300. The Balaban J connectivity index is 1.73. The second-order valence-electron chi connectivity index (χ2n) is 3.77. The van der Waals surface area contributed by atoms with Crippen molar-refractivity contribution < 1.29 is 4.79 Å². The molecular formula is C10H10N4OS. The molecule has 1 aliphatic carbocycles. The molecule has 1 saturated carbocycles. The van der Waals surface area contributed by atoms with Gasteiger partial charge in [-0.05, 0) is 18.9 Å². The average molecular weight is 234 g/mol. The standard InChI is InChI=1S/C10H10N4OS/c15-9(12-10-11-3-4-16-10)8-5-7(13-14-8)6-1-2-6/h3-6H,1-2H2,(H,13,14)(H,11,12,15). The SMILES string of the molecule is O=C(Nc1nccs1)c1cc(C2CC2)[nH]n1. The number of aromatic amines is 1. The fourth-order valence-electron chi connectivity index (χ4n) is 1.50. The van der Waals surface area contributed by atoms with Gasteiger partial charge in [-0.1, -0.05) is 0 Å². The number of amides is 1. The minimum atomic E-state index is -0.210. The van der Waals surface area contributed by atoms with Crippen LogP contribution in [0.4, 0.5) is 5.13 Å². The van der Waals surface area contributed by atoms with E-state index in [2.05, 4.69) is 20.5 Å². The molecule has 0 bridgehead atoms. The lowest BCUT2D eigenvalue weighted by atomic mass is 10.2. The summed E-state index contributed by atoms with van der Waals surface area (Å²) >= 11 is 1.39. The number of thiazole rings is 1. The van der Waals surface area contributed by atoms with Crippen LogP contribution < -0.4 is 5.32 Å². The lowest BCUT2D eigenvalue weighted by Gasteiger charge is -1.95. The highest BCUT2D eigenvalue weighted by Crippen LogP contribution is 2.39. The Morgan fingerprint density at radius 1 is 1.56 bits per heavy atom. The largest absolute Gasteiger partial charge is 0.296 e. The highest BCUT2D eigenvalue weighted by atomic mass is 32.1. The van der Waals surface area contributed by atoms with E-state index in [0.29, 0.717) is 16.7 Å². The van der Waals surface area contributed by atoms with Crippen LogP contribution in [-0.2, 0) is 0 Å². The molecule has 2 N–H and O–H groups in total. The van der Waals surface area contributed by atoms with Gasteiger partial charge in [0.05, 0.1) is 0 Å². The van der Waals surface area contributed by atoms with Gasteiger partial charge in [-0.2, -0.15) is 5.10 Å². The Morgan fingerprint density at radius 3 is 3.12 bits per heavy atom. The summed E-state index contributed by atoms with van der Waals surface area (Å²) in [4.78, 5) is 15.7. The average Bonchev–Trinajstić information content (AvgIpc) is 2.82. The lowest BCUT2D eigenvalue weighted by molar-refractivity contribution is 0.102. The van der Waals surface area contributed by atoms with Gasteiger partial charge >= 0.3 is 0 Å². The normalized spacial score (nSPS) is 15.0. The second kappa shape index (κ2) is 3.71. The maximum absolute atomic E-state index is 11.7. The Morgan fingerprint density at radius 2 is 2.44 bits per heavy atom. The van der Waals surface area contributed by atoms with E-state index in [1.165, 1.54) is 24.2 Å². The number of nitrogens with zero attached hydrogens (tertiary/aromatic N) is 2. The van der Waals surface area contributed by atoms with Gasteiger partial charge in [-0.3, -0.25) is 15.2 Å². The molecule has 0 saturated heterocycles. The zero-order valence-corrected chi connectivity index (χ0v) is 9.25. The van der Waals surface area contributed by atoms with E-state index in [-0.39, 0.29) is 5.91 Å². The molecule has 2 aromatic rings. The van der Waals surface area contributed by atoms with E-state index in [1.54, 1.807) is 6.20 Å². The summed E-state index contributed by atoms with van der Waals surface area (Å²) in [6.45, 7) is 0. The number of carbonyl (C=O) groups is 1. The first-order valence-electron chi connectivity index (χ1n) is 5.09. The van der Waals surface area contributed by atoms with Crippen LogP contribution in [0.3, 0.4) is 0 Å². The van der Waals surface area contributed by atoms with E-state index >= 15 is 0 Å². The maximum atomic E-state index is 11.7. The van der Waals surface area contributed by atoms with Crippen LogP contribution in [-0.4, -0.2) is 21.1 Å². The molecule has 2 heterocycles. The zero-order chi connectivity index (χ0) is 11.0. The molecule has 1 fully saturated rings. The summed E-state index contributed by atoms with van der Waals surface area (Å²) in [6.07, 6.45) is 4.03. The molecule has 6 heteroatoms. The molecule has 0 radical (unpaired) electrons. The van der Waals surface area contributed by atoms with Crippen molar-refractivity contribution in [2.75, 3.05) is 5.32 Å². The summed E-state index contributed by atoms with van der Waals surface area (Å²) in [6, 6.07) is 1.82. The van der Waals surface area contributed by atoms with Crippen molar-refractivity contribution in [3.8, 4) is 0 Å².